The van der Waals surface area contributed by atoms with Crippen molar-refractivity contribution < 1.29 is 9.13 Å². The summed E-state index contributed by atoms with van der Waals surface area (Å²) in [5.41, 5.74) is 5.24. The number of rotatable bonds is 5. The zero-order valence-electron chi connectivity index (χ0n) is 15.8. The molecule has 0 unspecified atom stereocenters. The fourth-order valence-corrected chi connectivity index (χ4v) is 3.24. The van der Waals surface area contributed by atoms with Gasteiger partial charge in [-0.05, 0) is 48.7 Å². The summed E-state index contributed by atoms with van der Waals surface area (Å²) in [6, 6.07) is 16.2. The summed E-state index contributed by atoms with van der Waals surface area (Å²) in [4.78, 5) is 4.65. The Morgan fingerprint density at radius 1 is 1.11 bits per heavy atom. The maximum absolute atomic E-state index is 13.7. The number of fused-ring (bicyclic) bond motifs is 1. The van der Waals surface area contributed by atoms with E-state index in [0.717, 1.165) is 27.8 Å². The van der Waals surface area contributed by atoms with Gasteiger partial charge in [0.25, 0.3) is 0 Å². The second-order valence-corrected chi connectivity index (χ2v) is 6.69. The van der Waals surface area contributed by atoms with Crippen LogP contribution in [0, 0.1) is 19.7 Å². The van der Waals surface area contributed by atoms with E-state index < -0.39 is 0 Å². The van der Waals surface area contributed by atoms with Gasteiger partial charge in [0.2, 0.25) is 5.88 Å². The number of benzene rings is 2. The van der Waals surface area contributed by atoms with Crippen molar-refractivity contribution in [1.29, 1.82) is 0 Å². The van der Waals surface area contributed by atoms with Crippen LogP contribution in [0.4, 0.5) is 4.39 Å². The van der Waals surface area contributed by atoms with Crippen molar-refractivity contribution in [3.05, 3.63) is 89.4 Å². The van der Waals surface area contributed by atoms with Crippen molar-refractivity contribution in [3.8, 4) is 11.6 Å². The standard InChI is InChI=1S/C23H20FN3O/c1-4-17-8-10-18(11-9-17)14-28-21-12-15(2)22-16(3)26-27(23(22)25-21)20-7-5-6-19(24)13-20/h4-13H,1,14H2,2-3H3. The number of hydrogen-bond acceptors (Lipinski definition) is 3. The molecular weight excluding hydrogens is 353 g/mol. The van der Waals surface area contributed by atoms with Crippen LogP contribution < -0.4 is 4.74 Å². The van der Waals surface area contributed by atoms with Crippen LogP contribution in [-0.2, 0) is 6.61 Å². The van der Waals surface area contributed by atoms with Gasteiger partial charge in [0.1, 0.15) is 12.4 Å². The van der Waals surface area contributed by atoms with E-state index in [0.29, 0.717) is 23.8 Å². The van der Waals surface area contributed by atoms with Crippen molar-refractivity contribution in [3.63, 3.8) is 0 Å². The van der Waals surface area contributed by atoms with Crippen molar-refractivity contribution in [2.24, 2.45) is 0 Å². The van der Waals surface area contributed by atoms with Crippen LogP contribution in [0.25, 0.3) is 22.8 Å². The Bertz CT molecular complexity index is 1160. The first kappa shape index (κ1) is 17.9. The van der Waals surface area contributed by atoms with E-state index in [1.165, 1.54) is 12.1 Å². The van der Waals surface area contributed by atoms with Crippen LogP contribution in [0.3, 0.4) is 0 Å². The van der Waals surface area contributed by atoms with Crippen LogP contribution in [-0.4, -0.2) is 14.8 Å². The number of aromatic nitrogens is 3. The normalized spacial score (nSPS) is 11.0. The SMILES string of the molecule is C=Cc1ccc(COc2cc(C)c3c(C)nn(-c4cccc(F)c4)c3n2)cc1. The average molecular weight is 373 g/mol. The third kappa shape index (κ3) is 3.39. The van der Waals surface area contributed by atoms with Gasteiger partial charge in [-0.1, -0.05) is 43.0 Å². The van der Waals surface area contributed by atoms with Gasteiger partial charge < -0.3 is 4.74 Å². The Morgan fingerprint density at radius 2 is 1.89 bits per heavy atom. The van der Waals surface area contributed by atoms with Gasteiger partial charge in [-0.2, -0.15) is 10.1 Å². The van der Waals surface area contributed by atoms with E-state index in [4.69, 9.17) is 4.74 Å². The summed E-state index contributed by atoms with van der Waals surface area (Å²) in [5.74, 6) is 0.196. The Morgan fingerprint density at radius 3 is 2.61 bits per heavy atom. The number of nitrogens with zero attached hydrogens (tertiary/aromatic N) is 3. The highest BCUT2D eigenvalue weighted by Crippen LogP contribution is 2.27. The maximum Gasteiger partial charge on any atom is 0.215 e. The van der Waals surface area contributed by atoms with E-state index in [9.17, 15) is 4.39 Å². The van der Waals surface area contributed by atoms with E-state index >= 15 is 0 Å². The van der Waals surface area contributed by atoms with E-state index in [1.54, 1.807) is 22.9 Å². The molecule has 28 heavy (non-hydrogen) atoms. The molecule has 0 saturated carbocycles. The molecule has 0 saturated heterocycles. The third-order valence-corrected chi connectivity index (χ3v) is 4.64. The molecule has 4 nitrogen and oxygen atoms in total. The molecule has 0 fully saturated rings. The Balaban J connectivity index is 1.70. The Labute approximate surface area is 162 Å². The number of aryl methyl sites for hydroxylation is 2. The van der Waals surface area contributed by atoms with Gasteiger partial charge in [-0.3, -0.25) is 0 Å². The molecule has 4 rings (SSSR count). The van der Waals surface area contributed by atoms with E-state index in [1.807, 2.05) is 44.2 Å². The van der Waals surface area contributed by atoms with Crippen molar-refractivity contribution in [1.82, 2.24) is 14.8 Å². The molecule has 0 aliphatic carbocycles. The van der Waals surface area contributed by atoms with Crippen LogP contribution >= 0.6 is 0 Å². The second kappa shape index (κ2) is 7.27. The monoisotopic (exact) mass is 373 g/mol. The summed E-state index contributed by atoms with van der Waals surface area (Å²) in [5, 5.41) is 5.51. The average Bonchev–Trinajstić information content (AvgIpc) is 3.04. The lowest BCUT2D eigenvalue weighted by Crippen LogP contribution is -2.01. The summed E-state index contributed by atoms with van der Waals surface area (Å²) < 4.78 is 21.3. The number of hydrogen-bond donors (Lipinski definition) is 0. The molecule has 140 valence electrons. The minimum Gasteiger partial charge on any atom is -0.473 e. The lowest BCUT2D eigenvalue weighted by Gasteiger charge is -2.09. The van der Waals surface area contributed by atoms with Crippen molar-refractivity contribution in [2.45, 2.75) is 20.5 Å². The summed E-state index contributed by atoms with van der Waals surface area (Å²) in [6.07, 6.45) is 1.80. The predicted molar refractivity (Wildman–Crippen MR) is 109 cm³/mol. The second-order valence-electron chi connectivity index (χ2n) is 6.69. The van der Waals surface area contributed by atoms with Crippen LogP contribution in [0.2, 0.25) is 0 Å². The fourth-order valence-electron chi connectivity index (χ4n) is 3.24. The number of ether oxygens (including phenoxy) is 1. The first-order valence-corrected chi connectivity index (χ1v) is 9.02. The lowest BCUT2D eigenvalue weighted by molar-refractivity contribution is 0.294. The molecule has 2 aromatic carbocycles. The molecule has 0 N–H and O–H groups in total. The molecule has 0 bridgehead atoms. The van der Waals surface area contributed by atoms with Crippen LogP contribution in [0.5, 0.6) is 5.88 Å². The molecule has 5 heteroatoms. The highest BCUT2D eigenvalue weighted by atomic mass is 19.1. The number of pyridine rings is 1. The topological polar surface area (TPSA) is 39.9 Å². The highest BCUT2D eigenvalue weighted by Gasteiger charge is 2.15. The maximum atomic E-state index is 13.7. The van der Waals surface area contributed by atoms with Crippen LogP contribution in [0.15, 0.2) is 61.2 Å². The smallest absolute Gasteiger partial charge is 0.215 e. The fraction of sp³-hybridized carbons (Fsp3) is 0.130. The van der Waals surface area contributed by atoms with Crippen LogP contribution in [0.1, 0.15) is 22.4 Å². The molecule has 2 heterocycles. The quantitative estimate of drug-likeness (QED) is 0.470. The zero-order chi connectivity index (χ0) is 19.7. The molecule has 0 aliphatic heterocycles. The molecular formula is C23H20FN3O. The van der Waals surface area contributed by atoms with Gasteiger partial charge in [-0.15, -0.1) is 0 Å². The van der Waals surface area contributed by atoms with Gasteiger partial charge in [-0.25, -0.2) is 9.07 Å². The highest BCUT2D eigenvalue weighted by molar-refractivity contribution is 5.83. The van der Waals surface area contributed by atoms with Crippen molar-refractivity contribution >= 4 is 17.1 Å². The molecule has 0 atom stereocenters. The molecule has 4 aromatic rings. The predicted octanol–water partition coefficient (Wildman–Crippen LogP) is 5.40. The van der Waals surface area contributed by atoms with E-state index in [2.05, 4.69) is 16.7 Å². The summed E-state index contributed by atoms with van der Waals surface area (Å²) in [7, 11) is 0. The third-order valence-electron chi connectivity index (χ3n) is 4.64. The number of halogens is 1. The zero-order valence-corrected chi connectivity index (χ0v) is 15.8. The first-order valence-electron chi connectivity index (χ1n) is 9.02. The van der Waals surface area contributed by atoms with E-state index in [-0.39, 0.29) is 5.82 Å². The molecule has 0 aliphatic rings. The van der Waals surface area contributed by atoms with Gasteiger partial charge in [0.05, 0.1) is 11.4 Å². The first-order chi connectivity index (χ1) is 13.5. The largest absolute Gasteiger partial charge is 0.473 e. The Hall–Kier alpha value is -3.47. The minimum atomic E-state index is -0.314. The Kier molecular flexibility index (Phi) is 4.65. The van der Waals surface area contributed by atoms with Gasteiger partial charge in [0.15, 0.2) is 5.65 Å². The van der Waals surface area contributed by atoms with Crippen molar-refractivity contribution in [2.75, 3.05) is 0 Å². The summed E-state index contributed by atoms with van der Waals surface area (Å²) >= 11 is 0. The molecule has 0 amide bonds. The van der Waals surface area contributed by atoms with Gasteiger partial charge >= 0.3 is 0 Å². The molecule has 0 spiro atoms. The lowest BCUT2D eigenvalue weighted by atomic mass is 10.1. The minimum absolute atomic E-state index is 0.314. The molecule has 2 aromatic heterocycles. The van der Waals surface area contributed by atoms with Gasteiger partial charge in [0, 0.05) is 11.5 Å². The molecule has 0 radical (unpaired) electrons. The summed E-state index contributed by atoms with van der Waals surface area (Å²) in [6.45, 7) is 8.09.